The normalized spacial score (nSPS) is 31.8. The van der Waals surface area contributed by atoms with E-state index in [1.807, 2.05) is 25.7 Å². The van der Waals surface area contributed by atoms with Crippen molar-refractivity contribution in [2.24, 2.45) is 11.3 Å². The van der Waals surface area contributed by atoms with E-state index in [-0.39, 0.29) is 6.09 Å². The highest BCUT2D eigenvalue weighted by Crippen LogP contribution is 2.43. The Kier molecular flexibility index (Phi) is 4.09. The number of hydrogen-bond donors (Lipinski definition) is 1. The summed E-state index contributed by atoms with van der Waals surface area (Å²) in [6, 6.07) is 0. The first-order valence-electron chi connectivity index (χ1n) is 7.55. The van der Waals surface area contributed by atoms with Crippen LogP contribution in [0.3, 0.4) is 0 Å². The number of amides is 1. The van der Waals surface area contributed by atoms with Gasteiger partial charge < -0.3 is 15.0 Å². The number of nitrogens with one attached hydrogen (secondary N) is 1. The summed E-state index contributed by atoms with van der Waals surface area (Å²) in [5.41, 5.74) is 0.0239. The van der Waals surface area contributed by atoms with Crippen molar-refractivity contribution < 1.29 is 9.53 Å². The molecule has 2 atom stereocenters. The molecular formula is C15H28N2O2. The van der Waals surface area contributed by atoms with Crippen molar-refractivity contribution in [3.05, 3.63) is 0 Å². The van der Waals surface area contributed by atoms with E-state index in [1.54, 1.807) is 0 Å². The van der Waals surface area contributed by atoms with Crippen molar-refractivity contribution in [3.63, 3.8) is 0 Å². The summed E-state index contributed by atoms with van der Waals surface area (Å²) >= 11 is 0. The van der Waals surface area contributed by atoms with E-state index in [4.69, 9.17) is 4.74 Å². The Bertz CT molecular complexity index is 330. The van der Waals surface area contributed by atoms with Gasteiger partial charge in [-0.25, -0.2) is 4.79 Å². The van der Waals surface area contributed by atoms with E-state index in [1.165, 1.54) is 6.42 Å². The Labute approximate surface area is 116 Å². The van der Waals surface area contributed by atoms with Gasteiger partial charge in [0.2, 0.25) is 0 Å². The SMILES string of the molecule is CCC1CN(C(=O)OC(C)(C)C)CCC12CCNC2. The van der Waals surface area contributed by atoms with Crippen LogP contribution in [-0.2, 0) is 4.74 Å². The minimum Gasteiger partial charge on any atom is -0.444 e. The first-order valence-corrected chi connectivity index (χ1v) is 7.55. The van der Waals surface area contributed by atoms with Gasteiger partial charge in [-0.15, -0.1) is 0 Å². The van der Waals surface area contributed by atoms with Crippen LogP contribution in [0.25, 0.3) is 0 Å². The van der Waals surface area contributed by atoms with Crippen molar-refractivity contribution in [1.82, 2.24) is 10.2 Å². The number of carbonyl (C=O) groups is 1. The van der Waals surface area contributed by atoms with Crippen LogP contribution in [0.15, 0.2) is 0 Å². The van der Waals surface area contributed by atoms with Gasteiger partial charge in [0.1, 0.15) is 5.60 Å². The van der Waals surface area contributed by atoms with E-state index in [0.29, 0.717) is 11.3 Å². The molecule has 2 unspecified atom stereocenters. The van der Waals surface area contributed by atoms with Gasteiger partial charge in [0.15, 0.2) is 0 Å². The van der Waals surface area contributed by atoms with E-state index < -0.39 is 5.60 Å². The van der Waals surface area contributed by atoms with Crippen LogP contribution in [0.4, 0.5) is 4.79 Å². The predicted octanol–water partition coefficient (Wildman–Crippen LogP) is 2.63. The second-order valence-corrected chi connectivity index (χ2v) is 7.07. The lowest BCUT2D eigenvalue weighted by Gasteiger charge is -2.45. The molecule has 2 fully saturated rings. The summed E-state index contributed by atoms with van der Waals surface area (Å²) in [7, 11) is 0. The molecule has 4 nitrogen and oxygen atoms in total. The molecule has 2 rings (SSSR count). The Morgan fingerprint density at radius 3 is 2.68 bits per heavy atom. The lowest BCUT2D eigenvalue weighted by atomic mass is 9.68. The number of ether oxygens (including phenoxy) is 1. The Balaban J connectivity index is 1.99. The fourth-order valence-electron chi connectivity index (χ4n) is 3.49. The highest BCUT2D eigenvalue weighted by molar-refractivity contribution is 5.68. The summed E-state index contributed by atoms with van der Waals surface area (Å²) in [4.78, 5) is 14.1. The third-order valence-corrected chi connectivity index (χ3v) is 4.61. The first-order chi connectivity index (χ1) is 8.86. The number of rotatable bonds is 1. The van der Waals surface area contributed by atoms with E-state index in [2.05, 4.69) is 12.2 Å². The topological polar surface area (TPSA) is 41.6 Å². The van der Waals surface area contributed by atoms with E-state index in [9.17, 15) is 4.79 Å². The molecule has 2 aliphatic heterocycles. The quantitative estimate of drug-likeness (QED) is 0.795. The molecule has 2 heterocycles. The summed E-state index contributed by atoms with van der Waals surface area (Å²) in [5, 5.41) is 3.49. The molecule has 110 valence electrons. The molecule has 1 amide bonds. The summed E-state index contributed by atoms with van der Waals surface area (Å²) in [6.45, 7) is 12.0. The first kappa shape index (κ1) is 14.6. The molecular weight excluding hydrogens is 240 g/mol. The molecule has 1 spiro atoms. The molecule has 0 aromatic heterocycles. The van der Waals surface area contributed by atoms with Gasteiger partial charge in [-0.2, -0.15) is 0 Å². The van der Waals surface area contributed by atoms with Crippen molar-refractivity contribution in [2.45, 2.75) is 52.6 Å². The van der Waals surface area contributed by atoms with Gasteiger partial charge in [-0.05, 0) is 51.5 Å². The molecule has 1 N–H and O–H groups in total. The smallest absolute Gasteiger partial charge is 0.410 e. The number of piperidine rings is 1. The Morgan fingerprint density at radius 2 is 2.16 bits per heavy atom. The van der Waals surface area contributed by atoms with Crippen LogP contribution in [0.2, 0.25) is 0 Å². The van der Waals surface area contributed by atoms with Crippen LogP contribution in [-0.4, -0.2) is 42.8 Å². The fourth-order valence-corrected chi connectivity index (χ4v) is 3.49. The third kappa shape index (κ3) is 3.22. The summed E-state index contributed by atoms with van der Waals surface area (Å²) < 4.78 is 5.49. The zero-order valence-corrected chi connectivity index (χ0v) is 12.8. The molecule has 0 aromatic carbocycles. The van der Waals surface area contributed by atoms with E-state index in [0.717, 1.165) is 39.0 Å². The minimum atomic E-state index is -0.400. The Hall–Kier alpha value is -0.770. The minimum absolute atomic E-state index is 0.147. The van der Waals surface area contributed by atoms with Gasteiger partial charge in [0.25, 0.3) is 0 Å². The molecule has 19 heavy (non-hydrogen) atoms. The van der Waals surface area contributed by atoms with Crippen molar-refractivity contribution >= 4 is 6.09 Å². The summed E-state index contributed by atoms with van der Waals surface area (Å²) in [5.74, 6) is 0.601. The van der Waals surface area contributed by atoms with Gasteiger partial charge >= 0.3 is 6.09 Å². The lowest BCUT2D eigenvalue weighted by molar-refractivity contribution is -0.00550. The second kappa shape index (κ2) is 5.31. The highest BCUT2D eigenvalue weighted by Gasteiger charge is 2.45. The molecule has 0 aromatic rings. The maximum absolute atomic E-state index is 12.2. The van der Waals surface area contributed by atoms with Crippen LogP contribution < -0.4 is 5.32 Å². The lowest BCUT2D eigenvalue weighted by Crippen LogP contribution is -2.51. The molecule has 0 radical (unpaired) electrons. The van der Waals surface area contributed by atoms with E-state index >= 15 is 0 Å². The average molecular weight is 268 g/mol. The standard InChI is InChI=1S/C15H28N2O2/c1-5-12-10-17(13(18)19-14(2,3)4)9-7-15(12)6-8-16-11-15/h12,16H,5-11H2,1-4H3. The van der Waals surface area contributed by atoms with Crippen molar-refractivity contribution in [1.29, 1.82) is 0 Å². The Morgan fingerprint density at radius 1 is 1.42 bits per heavy atom. The number of carbonyl (C=O) groups excluding carboxylic acids is 1. The molecule has 0 saturated carbocycles. The molecule has 2 saturated heterocycles. The zero-order chi connectivity index (χ0) is 14.1. The van der Waals surface area contributed by atoms with Crippen LogP contribution in [0.5, 0.6) is 0 Å². The highest BCUT2D eigenvalue weighted by atomic mass is 16.6. The molecule has 4 heteroatoms. The zero-order valence-electron chi connectivity index (χ0n) is 12.8. The largest absolute Gasteiger partial charge is 0.444 e. The molecule has 0 aliphatic carbocycles. The fraction of sp³-hybridized carbons (Fsp3) is 0.933. The number of hydrogen-bond acceptors (Lipinski definition) is 3. The molecule has 0 bridgehead atoms. The van der Waals surface area contributed by atoms with Gasteiger partial charge in [-0.1, -0.05) is 13.3 Å². The van der Waals surface area contributed by atoms with Gasteiger partial charge in [0.05, 0.1) is 0 Å². The van der Waals surface area contributed by atoms with Crippen LogP contribution in [0.1, 0.15) is 47.0 Å². The van der Waals surface area contributed by atoms with Gasteiger partial charge in [-0.3, -0.25) is 0 Å². The van der Waals surface area contributed by atoms with Crippen molar-refractivity contribution in [3.8, 4) is 0 Å². The van der Waals surface area contributed by atoms with Crippen LogP contribution >= 0.6 is 0 Å². The summed E-state index contributed by atoms with van der Waals surface area (Å²) in [6.07, 6.45) is 3.36. The predicted molar refractivity (Wildman–Crippen MR) is 76.1 cm³/mol. The number of nitrogens with zero attached hydrogens (tertiary/aromatic N) is 1. The molecule has 2 aliphatic rings. The maximum atomic E-state index is 12.2. The second-order valence-electron chi connectivity index (χ2n) is 7.07. The van der Waals surface area contributed by atoms with Crippen LogP contribution in [0, 0.1) is 11.3 Å². The monoisotopic (exact) mass is 268 g/mol. The average Bonchev–Trinajstić information content (AvgIpc) is 2.76. The third-order valence-electron chi connectivity index (χ3n) is 4.61. The number of likely N-dealkylation sites (tertiary alicyclic amines) is 1. The van der Waals surface area contributed by atoms with Gasteiger partial charge in [0, 0.05) is 19.6 Å². The maximum Gasteiger partial charge on any atom is 0.410 e. The van der Waals surface area contributed by atoms with Crippen molar-refractivity contribution in [2.75, 3.05) is 26.2 Å².